The third-order valence-electron chi connectivity index (χ3n) is 4.57. The molecule has 138 valence electrons. The van der Waals surface area contributed by atoms with Gasteiger partial charge in [-0.15, -0.1) is 0 Å². The van der Waals surface area contributed by atoms with E-state index < -0.39 is 4.92 Å². The number of hydrogen-bond donors (Lipinski definition) is 0. The summed E-state index contributed by atoms with van der Waals surface area (Å²) in [4.78, 5) is 32.3. The predicted octanol–water partition coefficient (Wildman–Crippen LogP) is 3.47. The van der Waals surface area contributed by atoms with Crippen LogP contribution in [0.3, 0.4) is 0 Å². The molecule has 0 N–H and O–H groups in total. The highest BCUT2D eigenvalue weighted by Crippen LogP contribution is 2.20. The van der Waals surface area contributed by atoms with E-state index in [0.717, 1.165) is 10.9 Å². The molecule has 28 heavy (non-hydrogen) atoms. The zero-order chi connectivity index (χ0) is 19.5. The smallest absolute Gasteiger partial charge is 0.269 e. The van der Waals surface area contributed by atoms with Crippen LogP contribution >= 0.6 is 0 Å². The molecule has 0 aliphatic carbocycles. The van der Waals surface area contributed by atoms with E-state index in [-0.39, 0.29) is 11.2 Å². The maximum Gasteiger partial charge on any atom is 0.271 e. The number of nitro groups is 1. The highest BCUT2D eigenvalue weighted by atomic mass is 16.6. The van der Waals surface area contributed by atoms with E-state index in [1.165, 1.54) is 16.7 Å². The van der Waals surface area contributed by atoms with E-state index in [1.54, 1.807) is 36.8 Å². The normalized spacial score (nSPS) is 10.9. The van der Waals surface area contributed by atoms with Crippen molar-refractivity contribution in [3.63, 3.8) is 0 Å². The van der Waals surface area contributed by atoms with E-state index >= 15 is 0 Å². The van der Waals surface area contributed by atoms with E-state index in [0.29, 0.717) is 29.7 Å². The molecule has 3 aromatic heterocycles. The van der Waals surface area contributed by atoms with E-state index in [9.17, 15) is 14.9 Å². The monoisotopic (exact) mass is 372 g/mol. The Morgan fingerprint density at radius 1 is 0.964 bits per heavy atom. The second kappa shape index (κ2) is 7.40. The fourth-order valence-corrected chi connectivity index (χ4v) is 3.19. The summed E-state index contributed by atoms with van der Waals surface area (Å²) >= 11 is 0. The molecule has 0 fully saturated rings. The molecule has 0 saturated heterocycles. The highest BCUT2D eigenvalue weighted by molar-refractivity contribution is 5.77. The van der Waals surface area contributed by atoms with Crippen molar-refractivity contribution in [3.05, 3.63) is 105 Å². The van der Waals surface area contributed by atoms with Crippen LogP contribution in [0.25, 0.3) is 16.7 Å². The fraction of sp³-hybridized carbons (Fsp3) is 0.0952. The van der Waals surface area contributed by atoms with Gasteiger partial charge in [0.2, 0.25) is 0 Å². The van der Waals surface area contributed by atoms with Gasteiger partial charge in [0.15, 0.2) is 0 Å². The molecule has 4 aromatic rings. The number of pyridine rings is 3. The quantitative estimate of drug-likeness (QED) is 0.395. The fourth-order valence-electron chi connectivity index (χ4n) is 3.19. The molecular weight excluding hydrogens is 356 g/mol. The standard InChI is InChI=1S/C21H16N4O3/c26-21-17(7-6-15-8-11-22-12-9-15)13-16-3-2-10-23-20(16)24(21)18-4-1-5-19(14-18)25(27)28/h1-5,8-14H,6-7H2. The van der Waals surface area contributed by atoms with Crippen molar-refractivity contribution >= 4 is 16.7 Å². The van der Waals surface area contributed by atoms with Crippen molar-refractivity contribution in [3.8, 4) is 5.69 Å². The van der Waals surface area contributed by atoms with Crippen molar-refractivity contribution < 1.29 is 4.92 Å². The third kappa shape index (κ3) is 3.37. The average Bonchev–Trinajstić information content (AvgIpc) is 2.73. The molecule has 7 nitrogen and oxygen atoms in total. The summed E-state index contributed by atoms with van der Waals surface area (Å²) < 4.78 is 1.45. The van der Waals surface area contributed by atoms with Crippen LogP contribution in [0.1, 0.15) is 11.1 Å². The molecule has 3 heterocycles. The summed E-state index contributed by atoms with van der Waals surface area (Å²) in [7, 11) is 0. The van der Waals surface area contributed by atoms with Gasteiger partial charge < -0.3 is 0 Å². The van der Waals surface area contributed by atoms with Crippen LogP contribution in [-0.2, 0) is 12.8 Å². The molecule has 0 atom stereocenters. The van der Waals surface area contributed by atoms with Crippen LogP contribution < -0.4 is 5.56 Å². The van der Waals surface area contributed by atoms with Gasteiger partial charge in [0.25, 0.3) is 11.2 Å². The first-order chi connectivity index (χ1) is 13.6. The van der Waals surface area contributed by atoms with Gasteiger partial charge in [0, 0.05) is 41.7 Å². The lowest BCUT2D eigenvalue weighted by Gasteiger charge is -2.12. The number of aryl methyl sites for hydroxylation is 2. The minimum atomic E-state index is -0.475. The van der Waals surface area contributed by atoms with Gasteiger partial charge in [-0.2, -0.15) is 0 Å². The molecule has 0 radical (unpaired) electrons. The van der Waals surface area contributed by atoms with Gasteiger partial charge in [-0.05, 0) is 54.8 Å². The average molecular weight is 372 g/mol. The number of rotatable bonds is 5. The lowest BCUT2D eigenvalue weighted by Crippen LogP contribution is -2.23. The second-order valence-electron chi connectivity index (χ2n) is 6.36. The number of non-ortho nitro benzene ring substituents is 1. The number of hydrogen-bond acceptors (Lipinski definition) is 5. The Labute approximate surface area is 160 Å². The van der Waals surface area contributed by atoms with E-state index in [2.05, 4.69) is 9.97 Å². The molecule has 0 aliphatic heterocycles. The summed E-state index contributed by atoms with van der Waals surface area (Å²) in [6.07, 6.45) is 6.29. The summed E-state index contributed by atoms with van der Waals surface area (Å²) in [5.74, 6) is 0. The van der Waals surface area contributed by atoms with Gasteiger partial charge in [0.05, 0.1) is 10.6 Å². The van der Waals surface area contributed by atoms with Gasteiger partial charge in [0.1, 0.15) is 5.65 Å². The predicted molar refractivity (Wildman–Crippen MR) is 106 cm³/mol. The van der Waals surface area contributed by atoms with Crippen LogP contribution in [0.5, 0.6) is 0 Å². The van der Waals surface area contributed by atoms with Gasteiger partial charge in [-0.1, -0.05) is 6.07 Å². The van der Waals surface area contributed by atoms with Crippen LogP contribution in [-0.4, -0.2) is 19.5 Å². The van der Waals surface area contributed by atoms with Crippen LogP contribution in [0, 0.1) is 10.1 Å². The molecule has 4 rings (SSSR count). The van der Waals surface area contributed by atoms with Crippen molar-refractivity contribution in [1.82, 2.24) is 14.5 Å². The molecule has 0 unspecified atom stereocenters. The Bertz CT molecular complexity index is 1220. The van der Waals surface area contributed by atoms with Crippen LogP contribution in [0.4, 0.5) is 5.69 Å². The topological polar surface area (TPSA) is 90.9 Å². The Balaban J connectivity index is 1.85. The second-order valence-corrected chi connectivity index (χ2v) is 6.36. The van der Waals surface area contributed by atoms with Crippen LogP contribution in [0.15, 0.2) is 78.0 Å². The van der Waals surface area contributed by atoms with E-state index in [1.807, 2.05) is 24.3 Å². The highest BCUT2D eigenvalue weighted by Gasteiger charge is 2.14. The van der Waals surface area contributed by atoms with Crippen molar-refractivity contribution in [2.45, 2.75) is 12.8 Å². The number of fused-ring (bicyclic) bond motifs is 1. The molecule has 0 spiro atoms. The summed E-state index contributed by atoms with van der Waals surface area (Å²) in [5, 5.41) is 12.0. The summed E-state index contributed by atoms with van der Waals surface area (Å²) in [6.45, 7) is 0. The lowest BCUT2D eigenvalue weighted by atomic mass is 10.1. The minimum Gasteiger partial charge on any atom is -0.269 e. The lowest BCUT2D eigenvalue weighted by molar-refractivity contribution is -0.384. The van der Waals surface area contributed by atoms with Gasteiger partial charge >= 0.3 is 0 Å². The van der Waals surface area contributed by atoms with Gasteiger partial charge in [-0.3, -0.25) is 24.5 Å². The molecule has 1 aromatic carbocycles. The van der Waals surface area contributed by atoms with E-state index in [4.69, 9.17) is 0 Å². The van der Waals surface area contributed by atoms with Crippen molar-refractivity contribution in [2.24, 2.45) is 0 Å². The number of benzene rings is 1. The maximum absolute atomic E-state index is 13.2. The molecular formula is C21H16N4O3. The van der Waals surface area contributed by atoms with Crippen LogP contribution in [0.2, 0.25) is 0 Å². The first kappa shape index (κ1) is 17.5. The first-order valence-electron chi connectivity index (χ1n) is 8.77. The van der Waals surface area contributed by atoms with Crippen molar-refractivity contribution in [2.75, 3.05) is 0 Å². The summed E-state index contributed by atoms with van der Waals surface area (Å²) in [6, 6.07) is 15.4. The summed E-state index contributed by atoms with van der Waals surface area (Å²) in [5.41, 5.74) is 2.32. The molecule has 0 saturated carbocycles. The molecule has 0 aliphatic rings. The SMILES string of the molecule is O=c1c(CCc2ccncc2)cc2cccnc2n1-c1cccc([N+](=O)[O-])c1. The molecule has 0 amide bonds. The largest absolute Gasteiger partial charge is 0.271 e. The molecule has 7 heteroatoms. The van der Waals surface area contributed by atoms with Crippen molar-refractivity contribution in [1.29, 1.82) is 0 Å². The minimum absolute atomic E-state index is 0.0735. The Morgan fingerprint density at radius 3 is 2.57 bits per heavy atom. The number of nitrogens with zero attached hydrogens (tertiary/aromatic N) is 4. The Kier molecular flexibility index (Phi) is 4.63. The molecule has 0 bridgehead atoms. The zero-order valence-corrected chi connectivity index (χ0v) is 14.9. The Morgan fingerprint density at radius 2 is 1.79 bits per heavy atom. The third-order valence-corrected chi connectivity index (χ3v) is 4.57. The number of aromatic nitrogens is 3. The maximum atomic E-state index is 13.2. The first-order valence-corrected chi connectivity index (χ1v) is 8.77. The van der Waals surface area contributed by atoms with Gasteiger partial charge in [-0.25, -0.2) is 4.98 Å². The number of nitro benzene ring substituents is 1. The zero-order valence-electron chi connectivity index (χ0n) is 14.9. The Hall–Kier alpha value is -3.87.